The minimum absolute atomic E-state index is 0.228. The minimum atomic E-state index is -0.722. The van der Waals surface area contributed by atoms with Gasteiger partial charge in [0.1, 0.15) is 17.6 Å². The summed E-state index contributed by atoms with van der Waals surface area (Å²) < 4.78 is 19.7. The Hall–Kier alpha value is -3.19. The van der Waals surface area contributed by atoms with Gasteiger partial charge in [-0.2, -0.15) is 0 Å². The molecule has 0 fully saturated rings. The number of carbonyl (C=O) groups is 2. The summed E-state index contributed by atoms with van der Waals surface area (Å²) in [4.78, 5) is 27.9. The van der Waals surface area contributed by atoms with Gasteiger partial charge in [-0.1, -0.05) is 58.4 Å². The van der Waals surface area contributed by atoms with Gasteiger partial charge in [0.2, 0.25) is 5.91 Å². The van der Waals surface area contributed by atoms with E-state index in [-0.39, 0.29) is 30.8 Å². The van der Waals surface area contributed by atoms with Gasteiger partial charge in [-0.05, 0) is 54.4 Å². The maximum Gasteiger partial charge on any atom is 0.261 e. The fourth-order valence-corrected chi connectivity index (χ4v) is 3.66. The monoisotopic (exact) mass is 512 g/mol. The number of benzene rings is 3. The first kappa shape index (κ1) is 24.5. The molecule has 0 bridgehead atoms. The number of likely N-dealkylation sites (N-methyl/N-ethyl adjacent to an activating group) is 1. The third kappa shape index (κ3) is 7.43. The Balaban J connectivity index is 1.87. The van der Waals surface area contributed by atoms with Gasteiger partial charge in [0.05, 0.1) is 0 Å². The summed E-state index contributed by atoms with van der Waals surface area (Å²) in [5, 5.41) is 2.85. The molecule has 0 aromatic heterocycles. The molecule has 1 atom stereocenters. The molecule has 33 heavy (non-hydrogen) atoms. The molecule has 0 aliphatic heterocycles. The van der Waals surface area contributed by atoms with E-state index in [1.54, 1.807) is 4.90 Å². The highest BCUT2D eigenvalue weighted by Gasteiger charge is 2.30. The zero-order valence-corrected chi connectivity index (χ0v) is 19.9. The number of hydrogen-bond donors (Lipinski definition) is 1. The van der Waals surface area contributed by atoms with Crippen LogP contribution in [0.5, 0.6) is 5.75 Å². The summed E-state index contributed by atoms with van der Waals surface area (Å²) in [5.41, 5.74) is 1.83. The van der Waals surface area contributed by atoms with Crippen LogP contribution in [-0.4, -0.2) is 35.9 Å². The topological polar surface area (TPSA) is 58.6 Å². The largest absolute Gasteiger partial charge is 0.484 e. The molecule has 0 saturated carbocycles. The van der Waals surface area contributed by atoms with Gasteiger partial charge in [-0.15, -0.1) is 0 Å². The van der Waals surface area contributed by atoms with Crippen LogP contribution in [0.15, 0.2) is 83.3 Å². The highest BCUT2D eigenvalue weighted by molar-refractivity contribution is 9.10. The van der Waals surface area contributed by atoms with E-state index in [0.29, 0.717) is 18.7 Å². The Morgan fingerprint density at radius 3 is 2.27 bits per heavy atom. The highest BCUT2D eigenvalue weighted by atomic mass is 79.9. The first-order valence-electron chi connectivity index (χ1n) is 10.7. The molecule has 0 heterocycles. The fourth-order valence-electron chi connectivity index (χ4n) is 3.39. The second-order valence-electron chi connectivity index (χ2n) is 7.49. The number of nitrogens with zero attached hydrogens (tertiary/aromatic N) is 1. The predicted molar refractivity (Wildman–Crippen MR) is 129 cm³/mol. The molecule has 0 unspecified atom stereocenters. The molecule has 5 nitrogen and oxygen atoms in total. The van der Waals surface area contributed by atoms with E-state index >= 15 is 0 Å². The Labute approximate surface area is 201 Å². The normalized spacial score (nSPS) is 11.5. The molecule has 0 spiro atoms. The van der Waals surface area contributed by atoms with Crippen LogP contribution in [0.2, 0.25) is 0 Å². The van der Waals surface area contributed by atoms with Gasteiger partial charge in [0, 0.05) is 24.0 Å². The SMILES string of the molecule is CCNC(=O)[C@H](Cc1ccccc1)N(Cc1ccc(Br)cc1)C(=O)COc1ccc(F)cc1. The first-order valence-corrected chi connectivity index (χ1v) is 11.5. The Bertz CT molecular complexity index is 1040. The molecular weight excluding hydrogens is 487 g/mol. The second-order valence-corrected chi connectivity index (χ2v) is 8.41. The zero-order valence-electron chi connectivity index (χ0n) is 18.3. The molecular formula is C26H26BrFN2O3. The van der Waals surface area contributed by atoms with Gasteiger partial charge in [-0.3, -0.25) is 9.59 Å². The fraction of sp³-hybridized carbons (Fsp3) is 0.231. The first-order chi connectivity index (χ1) is 16.0. The Morgan fingerprint density at radius 2 is 1.64 bits per heavy atom. The van der Waals surface area contributed by atoms with Crippen LogP contribution in [-0.2, 0) is 22.6 Å². The molecule has 7 heteroatoms. The van der Waals surface area contributed by atoms with Crippen LogP contribution in [0.1, 0.15) is 18.1 Å². The van der Waals surface area contributed by atoms with Gasteiger partial charge >= 0.3 is 0 Å². The quantitative estimate of drug-likeness (QED) is 0.426. The number of ether oxygens (including phenoxy) is 1. The van der Waals surface area contributed by atoms with Crippen molar-refractivity contribution in [3.63, 3.8) is 0 Å². The Morgan fingerprint density at radius 1 is 0.970 bits per heavy atom. The summed E-state index contributed by atoms with van der Waals surface area (Å²) in [6, 6.07) is 21.9. The number of halogens is 2. The Kier molecular flexibility index (Phi) is 9.01. The summed E-state index contributed by atoms with van der Waals surface area (Å²) in [7, 11) is 0. The number of carbonyl (C=O) groups excluding carboxylic acids is 2. The molecule has 2 amide bonds. The van der Waals surface area contributed by atoms with Crippen molar-refractivity contribution in [2.75, 3.05) is 13.2 Å². The van der Waals surface area contributed by atoms with Crippen molar-refractivity contribution in [3.05, 3.63) is 100 Å². The van der Waals surface area contributed by atoms with Crippen molar-refractivity contribution in [2.24, 2.45) is 0 Å². The summed E-state index contributed by atoms with van der Waals surface area (Å²) in [6.07, 6.45) is 0.367. The zero-order chi connectivity index (χ0) is 23.6. The smallest absolute Gasteiger partial charge is 0.261 e. The lowest BCUT2D eigenvalue weighted by molar-refractivity contribution is -0.142. The average Bonchev–Trinajstić information content (AvgIpc) is 2.82. The summed E-state index contributed by atoms with van der Waals surface area (Å²) in [5.74, 6) is -0.571. The van der Waals surface area contributed by atoms with Gasteiger partial charge in [-0.25, -0.2) is 4.39 Å². The van der Waals surface area contributed by atoms with E-state index in [9.17, 15) is 14.0 Å². The molecule has 3 aromatic carbocycles. The van der Waals surface area contributed by atoms with E-state index in [4.69, 9.17) is 4.74 Å². The van der Waals surface area contributed by atoms with E-state index in [0.717, 1.165) is 15.6 Å². The number of hydrogen-bond acceptors (Lipinski definition) is 3. The molecule has 0 radical (unpaired) electrons. The van der Waals surface area contributed by atoms with E-state index in [1.807, 2.05) is 61.5 Å². The summed E-state index contributed by atoms with van der Waals surface area (Å²) >= 11 is 3.42. The van der Waals surface area contributed by atoms with Crippen LogP contribution in [0.25, 0.3) is 0 Å². The van der Waals surface area contributed by atoms with Gasteiger partial charge in [0.15, 0.2) is 6.61 Å². The number of amides is 2. The molecule has 0 aliphatic rings. The molecule has 0 saturated heterocycles. The van der Waals surface area contributed by atoms with Crippen molar-refractivity contribution < 1.29 is 18.7 Å². The number of nitrogens with one attached hydrogen (secondary N) is 1. The van der Waals surface area contributed by atoms with Crippen LogP contribution < -0.4 is 10.1 Å². The predicted octanol–water partition coefficient (Wildman–Crippen LogP) is 4.74. The molecule has 0 aliphatic carbocycles. The molecule has 3 aromatic rings. The van der Waals surface area contributed by atoms with Gasteiger partial charge < -0.3 is 15.0 Å². The van der Waals surface area contributed by atoms with E-state index in [1.165, 1.54) is 24.3 Å². The number of rotatable bonds is 10. The average molecular weight is 513 g/mol. The lowest BCUT2D eigenvalue weighted by atomic mass is 10.0. The van der Waals surface area contributed by atoms with E-state index in [2.05, 4.69) is 21.2 Å². The van der Waals surface area contributed by atoms with Crippen LogP contribution >= 0.6 is 15.9 Å². The van der Waals surface area contributed by atoms with Crippen molar-refractivity contribution in [3.8, 4) is 5.75 Å². The van der Waals surface area contributed by atoms with E-state index < -0.39 is 6.04 Å². The highest BCUT2D eigenvalue weighted by Crippen LogP contribution is 2.18. The van der Waals surface area contributed by atoms with Crippen molar-refractivity contribution >= 4 is 27.7 Å². The molecule has 1 N–H and O–H groups in total. The third-order valence-corrected chi connectivity index (χ3v) is 5.59. The maximum atomic E-state index is 13.3. The standard InChI is InChI=1S/C26H26BrFN2O3/c1-2-29-26(32)24(16-19-6-4-3-5-7-19)30(17-20-8-10-21(27)11-9-20)25(31)18-33-23-14-12-22(28)13-15-23/h3-15,24H,2,16-18H2,1H3,(H,29,32)/t24-/m0/s1. The van der Waals surface area contributed by atoms with Crippen LogP contribution in [0.3, 0.4) is 0 Å². The van der Waals surface area contributed by atoms with Crippen LogP contribution in [0.4, 0.5) is 4.39 Å². The van der Waals surface area contributed by atoms with Crippen molar-refractivity contribution in [1.29, 1.82) is 0 Å². The minimum Gasteiger partial charge on any atom is -0.484 e. The van der Waals surface area contributed by atoms with Crippen molar-refractivity contribution in [2.45, 2.75) is 25.9 Å². The third-order valence-electron chi connectivity index (χ3n) is 5.06. The molecule has 3 rings (SSSR count). The van der Waals surface area contributed by atoms with Crippen molar-refractivity contribution in [1.82, 2.24) is 10.2 Å². The lowest BCUT2D eigenvalue weighted by Crippen LogP contribution is -2.51. The van der Waals surface area contributed by atoms with Gasteiger partial charge in [0.25, 0.3) is 5.91 Å². The van der Waals surface area contributed by atoms with Crippen LogP contribution in [0, 0.1) is 5.82 Å². The molecule has 172 valence electrons. The lowest BCUT2D eigenvalue weighted by Gasteiger charge is -2.31. The second kappa shape index (κ2) is 12.2. The summed E-state index contributed by atoms with van der Waals surface area (Å²) in [6.45, 7) is 2.27. The maximum absolute atomic E-state index is 13.3.